The minimum atomic E-state index is -1.15. The van der Waals surface area contributed by atoms with Crippen LogP contribution in [0.3, 0.4) is 0 Å². The van der Waals surface area contributed by atoms with Gasteiger partial charge in [-0.1, -0.05) is 60.2 Å². The highest BCUT2D eigenvalue weighted by molar-refractivity contribution is 6.30. The van der Waals surface area contributed by atoms with E-state index in [2.05, 4.69) is 0 Å². The van der Waals surface area contributed by atoms with Crippen LogP contribution in [0.25, 0.3) is 6.08 Å². The summed E-state index contributed by atoms with van der Waals surface area (Å²) < 4.78 is 4.99. The van der Waals surface area contributed by atoms with Gasteiger partial charge < -0.3 is 4.74 Å². The van der Waals surface area contributed by atoms with Gasteiger partial charge in [-0.2, -0.15) is 0 Å². The maximum absolute atomic E-state index is 13.1. The third-order valence-corrected chi connectivity index (χ3v) is 4.99. The highest BCUT2D eigenvalue weighted by Crippen LogP contribution is 2.40. The summed E-state index contributed by atoms with van der Waals surface area (Å²) >= 11 is 5.89. The number of benzene rings is 2. The zero-order valence-electron chi connectivity index (χ0n) is 14.0. The Morgan fingerprint density at radius 3 is 2.64 bits per heavy atom. The molecule has 3 nitrogen and oxygen atoms in total. The number of carbonyl (C=O) groups is 2. The second kappa shape index (κ2) is 7.24. The minimum Gasteiger partial charge on any atom is -0.468 e. The maximum Gasteiger partial charge on any atom is 0.320 e. The van der Waals surface area contributed by atoms with Crippen LogP contribution >= 0.6 is 11.6 Å². The van der Waals surface area contributed by atoms with Crippen LogP contribution in [-0.4, -0.2) is 18.9 Å². The molecule has 0 bridgehead atoms. The Balaban J connectivity index is 1.89. The molecule has 1 aliphatic rings. The van der Waals surface area contributed by atoms with Crippen molar-refractivity contribution in [3.8, 4) is 0 Å². The molecule has 0 aliphatic heterocycles. The van der Waals surface area contributed by atoms with Crippen LogP contribution in [0.1, 0.15) is 34.3 Å². The van der Waals surface area contributed by atoms with E-state index in [0.717, 1.165) is 11.1 Å². The maximum atomic E-state index is 13.1. The number of ketones is 1. The Kier molecular flexibility index (Phi) is 5.05. The van der Waals surface area contributed by atoms with E-state index >= 15 is 0 Å². The van der Waals surface area contributed by atoms with Gasteiger partial charge in [0, 0.05) is 10.6 Å². The molecule has 128 valence electrons. The molecule has 0 radical (unpaired) electrons. The molecule has 0 fully saturated rings. The average molecular weight is 355 g/mol. The van der Waals surface area contributed by atoms with Crippen molar-refractivity contribution >= 4 is 29.4 Å². The van der Waals surface area contributed by atoms with Crippen molar-refractivity contribution in [1.82, 2.24) is 0 Å². The third-order valence-electron chi connectivity index (χ3n) is 4.74. The van der Waals surface area contributed by atoms with Gasteiger partial charge >= 0.3 is 5.97 Å². The predicted octanol–water partition coefficient (Wildman–Crippen LogP) is 4.73. The van der Waals surface area contributed by atoms with Crippen molar-refractivity contribution in [1.29, 1.82) is 0 Å². The molecular weight excluding hydrogens is 336 g/mol. The van der Waals surface area contributed by atoms with E-state index in [4.69, 9.17) is 16.3 Å². The summed E-state index contributed by atoms with van der Waals surface area (Å²) in [6.45, 7) is 0. The topological polar surface area (TPSA) is 43.4 Å². The Bertz CT molecular complexity index is 823. The highest BCUT2D eigenvalue weighted by atomic mass is 35.5. The van der Waals surface area contributed by atoms with Gasteiger partial charge in [0.15, 0.2) is 5.78 Å². The summed E-state index contributed by atoms with van der Waals surface area (Å²) in [4.78, 5) is 25.6. The molecule has 25 heavy (non-hydrogen) atoms. The van der Waals surface area contributed by atoms with E-state index in [1.54, 1.807) is 18.2 Å². The lowest BCUT2D eigenvalue weighted by Crippen LogP contribution is -2.43. The summed E-state index contributed by atoms with van der Waals surface area (Å²) in [6, 6.07) is 14.9. The average Bonchev–Trinajstić information content (AvgIpc) is 2.65. The summed E-state index contributed by atoms with van der Waals surface area (Å²) in [5.41, 5.74) is 1.44. The fourth-order valence-electron chi connectivity index (χ4n) is 3.32. The van der Waals surface area contributed by atoms with Crippen molar-refractivity contribution in [2.75, 3.05) is 7.11 Å². The first-order valence-electron chi connectivity index (χ1n) is 8.20. The van der Waals surface area contributed by atoms with Gasteiger partial charge in [0.25, 0.3) is 0 Å². The molecule has 3 rings (SSSR count). The standard InChI is InChI=1S/C21H19ClO3/c1-25-20(24)21(13-4-5-15-8-10-17(22)11-9-15)14-12-16-6-2-3-7-18(16)19(21)23/h2-11H,12-14H2,1H3/b5-4-/t21-/m1/s1. The summed E-state index contributed by atoms with van der Waals surface area (Å²) in [6.07, 6.45) is 5.22. The third kappa shape index (κ3) is 3.38. The number of allylic oxidation sites excluding steroid dienone is 1. The molecule has 0 amide bonds. The first-order valence-corrected chi connectivity index (χ1v) is 8.58. The number of Topliss-reactive ketones (excluding diaryl/α,β-unsaturated/α-hetero) is 1. The molecular formula is C21H19ClO3. The number of methoxy groups -OCH3 is 1. The molecule has 1 aliphatic carbocycles. The zero-order valence-corrected chi connectivity index (χ0v) is 14.8. The van der Waals surface area contributed by atoms with Crippen molar-refractivity contribution in [2.45, 2.75) is 19.3 Å². The van der Waals surface area contributed by atoms with Gasteiger partial charge in [-0.15, -0.1) is 0 Å². The molecule has 0 aromatic heterocycles. The monoisotopic (exact) mass is 354 g/mol. The van der Waals surface area contributed by atoms with Gasteiger partial charge in [0.2, 0.25) is 0 Å². The lowest BCUT2D eigenvalue weighted by molar-refractivity contribution is -0.150. The smallest absolute Gasteiger partial charge is 0.320 e. The van der Waals surface area contributed by atoms with Crippen LogP contribution in [-0.2, 0) is 16.0 Å². The van der Waals surface area contributed by atoms with Gasteiger partial charge in [-0.25, -0.2) is 0 Å². The number of rotatable bonds is 4. The van der Waals surface area contributed by atoms with E-state index in [1.165, 1.54) is 7.11 Å². The SMILES string of the molecule is COC(=O)[C@]1(C/C=C\c2ccc(Cl)cc2)CCc2ccccc2C1=O. The van der Waals surface area contributed by atoms with Gasteiger partial charge in [0.1, 0.15) is 5.41 Å². The van der Waals surface area contributed by atoms with E-state index < -0.39 is 11.4 Å². The Hall–Kier alpha value is -2.39. The second-order valence-corrected chi connectivity index (χ2v) is 6.65. The van der Waals surface area contributed by atoms with Crippen molar-refractivity contribution in [3.05, 3.63) is 76.3 Å². The van der Waals surface area contributed by atoms with Crippen LogP contribution in [0, 0.1) is 5.41 Å². The summed E-state index contributed by atoms with van der Waals surface area (Å²) in [5.74, 6) is -0.616. The molecule has 4 heteroatoms. The van der Waals surface area contributed by atoms with Crippen LogP contribution < -0.4 is 0 Å². The molecule has 0 N–H and O–H groups in total. The van der Waals surface area contributed by atoms with Crippen LogP contribution in [0.4, 0.5) is 0 Å². The number of esters is 1. The molecule has 0 saturated carbocycles. The number of carbonyl (C=O) groups excluding carboxylic acids is 2. The number of ether oxygens (including phenoxy) is 1. The van der Waals surface area contributed by atoms with Crippen molar-refractivity contribution in [3.63, 3.8) is 0 Å². The number of fused-ring (bicyclic) bond motifs is 1. The highest BCUT2D eigenvalue weighted by Gasteiger charge is 2.48. The Labute approximate surface area is 152 Å². The second-order valence-electron chi connectivity index (χ2n) is 6.22. The van der Waals surface area contributed by atoms with Crippen molar-refractivity contribution < 1.29 is 14.3 Å². The zero-order chi connectivity index (χ0) is 17.9. The Morgan fingerprint density at radius 2 is 1.92 bits per heavy atom. The molecule has 0 heterocycles. The number of halogens is 1. The number of hydrogen-bond donors (Lipinski definition) is 0. The van der Waals surface area contributed by atoms with E-state index in [0.29, 0.717) is 29.8 Å². The molecule has 2 aromatic carbocycles. The van der Waals surface area contributed by atoms with Gasteiger partial charge in [-0.3, -0.25) is 9.59 Å². The summed E-state index contributed by atoms with van der Waals surface area (Å²) in [7, 11) is 1.33. The van der Waals surface area contributed by atoms with Gasteiger partial charge in [0.05, 0.1) is 7.11 Å². The normalized spacial score (nSPS) is 19.7. The molecule has 0 spiro atoms. The first-order chi connectivity index (χ1) is 12.1. The number of aryl methyl sites for hydroxylation is 1. The van der Waals surface area contributed by atoms with Crippen LogP contribution in [0.5, 0.6) is 0 Å². The quantitative estimate of drug-likeness (QED) is 0.588. The predicted molar refractivity (Wildman–Crippen MR) is 98.6 cm³/mol. The minimum absolute atomic E-state index is 0.151. The fourth-order valence-corrected chi connectivity index (χ4v) is 3.44. The lowest BCUT2D eigenvalue weighted by atomic mass is 9.68. The number of hydrogen-bond acceptors (Lipinski definition) is 3. The van der Waals surface area contributed by atoms with E-state index in [9.17, 15) is 9.59 Å². The van der Waals surface area contributed by atoms with Crippen LogP contribution in [0.2, 0.25) is 5.02 Å². The lowest BCUT2D eigenvalue weighted by Gasteiger charge is -2.33. The van der Waals surface area contributed by atoms with Crippen LogP contribution in [0.15, 0.2) is 54.6 Å². The largest absolute Gasteiger partial charge is 0.468 e. The summed E-state index contributed by atoms with van der Waals surface area (Å²) in [5, 5.41) is 0.669. The molecule has 0 saturated heterocycles. The fraction of sp³-hybridized carbons (Fsp3) is 0.238. The molecule has 0 unspecified atom stereocenters. The van der Waals surface area contributed by atoms with Gasteiger partial charge in [-0.05, 0) is 42.5 Å². The first kappa shape index (κ1) is 17.4. The van der Waals surface area contributed by atoms with E-state index in [1.807, 2.05) is 42.5 Å². The molecule has 1 atom stereocenters. The van der Waals surface area contributed by atoms with E-state index in [-0.39, 0.29) is 5.78 Å². The molecule has 2 aromatic rings. The van der Waals surface area contributed by atoms with Crippen molar-refractivity contribution in [2.24, 2.45) is 5.41 Å². The Morgan fingerprint density at radius 1 is 1.20 bits per heavy atom.